The molecule has 2 aromatic carbocycles. The van der Waals surface area contributed by atoms with Gasteiger partial charge in [0, 0.05) is 5.56 Å². The van der Waals surface area contributed by atoms with E-state index in [9.17, 15) is 32.7 Å². The third kappa shape index (κ3) is 3.14. The average molecular weight is 404 g/mol. The molecule has 6 nitrogen and oxygen atoms in total. The van der Waals surface area contributed by atoms with Crippen molar-refractivity contribution < 1.29 is 32.7 Å². The fourth-order valence-corrected chi connectivity index (χ4v) is 3.16. The van der Waals surface area contributed by atoms with E-state index in [-0.39, 0.29) is 11.3 Å². The van der Waals surface area contributed by atoms with Gasteiger partial charge in [-0.05, 0) is 31.2 Å². The summed E-state index contributed by atoms with van der Waals surface area (Å²) < 4.78 is 42.8. The Morgan fingerprint density at radius 2 is 1.52 bits per heavy atom. The van der Waals surface area contributed by atoms with Crippen molar-refractivity contribution in [1.82, 2.24) is 5.32 Å². The summed E-state index contributed by atoms with van der Waals surface area (Å²) in [6.07, 6.45) is -5.41. The summed E-state index contributed by atoms with van der Waals surface area (Å²) in [6.45, 7) is 0.851. The Hall–Kier alpha value is -3.62. The molecule has 0 aliphatic carbocycles. The molecule has 9 heteroatoms. The molecule has 3 rings (SSSR count). The second-order valence-electron chi connectivity index (χ2n) is 6.31. The zero-order valence-electron chi connectivity index (χ0n) is 15.0. The van der Waals surface area contributed by atoms with Gasteiger partial charge in [-0.2, -0.15) is 13.2 Å². The number of hydrogen-bond acceptors (Lipinski definition) is 4. The van der Waals surface area contributed by atoms with Gasteiger partial charge < -0.3 is 10.4 Å². The van der Waals surface area contributed by atoms with Crippen LogP contribution in [-0.2, 0) is 9.59 Å². The summed E-state index contributed by atoms with van der Waals surface area (Å²) in [5.74, 6) is -5.34. The molecule has 1 fully saturated rings. The number of alkyl halides is 3. The SMILES string of the molecule is C/C(O)=C1/C(=O)N(c2ccccc2)C(=O)[C@@]1(NC(=O)c1ccccc1)C(F)(F)F. The van der Waals surface area contributed by atoms with Gasteiger partial charge in [0.15, 0.2) is 0 Å². The molecule has 0 aromatic heterocycles. The zero-order chi connectivity index (χ0) is 21.4. The first-order valence-electron chi connectivity index (χ1n) is 8.40. The Bertz CT molecular complexity index is 999. The summed E-state index contributed by atoms with van der Waals surface area (Å²) in [6, 6.07) is 13.9. The molecule has 1 heterocycles. The lowest BCUT2D eigenvalue weighted by molar-refractivity contribution is -0.184. The van der Waals surface area contributed by atoms with Gasteiger partial charge in [-0.15, -0.1) is 0 Å². The molecule has 29 heavy (non-hydrogen) atoms. The molecule has 2 N–H and O–H groups in total. The maximum absolute atomic E-state index is 14.3. The number of carbonyl (C=O) groups excluding carboxylic acids is 3. The number of anilines is 1. The zero-order valence-corrected chi connectivity index (χ0v) is 15.0. The predicted molar refractivity (Wildman–Crippen MR) is 97.0 cm³/mol. The number of benzene rings is 2. The van der Waals surface area contributed by atoms with E-state index in [2.05, 4.69) is 0 Å². The minimum absolute atomic E-state index is 0.124. The van der Waals surface area contributed by atoms with Crippen molar-refractivity contribution in [2.75, 3.05) is 4.90 Å². The van der Waals surface area contributed by atoms with E-state index in [1.54, 1.807) is 17.4 Å². The van der Waals surface area contributed by atoms with Crippen LogP contribution >= 0.6 is 0 Å². The van der Waals surface area contributed by atoms with Gasteiger partial charge in [0.1, 0.15) is 5.76 Å². The number of hydrogen-bond donors (Lipinski definition) is 2. The van der Waals surface area contributed by atoms with Crippen LogP contribution < -0.4 is 10.2 Å². The maximum Gasteiger partial charge on any atom is 0.425 e. The highest BCUT2D eigenvalue weighted by molar-refractivity contribution is 6.34. The van der Waals surface area contributed by atoms with E-state index >= 15 is 0 Å². The van der Waals surface area contributed by atoms with Gasteiger partial charge in [0.25, 0.3) is 23.3 Å². The second kappa shape index (κ2) is 7.08. The van der Waals surface area contributed by atoms with Crippen LogP contribution in [0.4, 0.5) is 18.9 Å². The van der Waals surface area contributed by atoms with Crippen molar-refractivity contribution in [3.63, 3.8) is 0 Å². The summed E-state index contributed by atoms with van der Waals surface area (Å²) in [5, 5.41) is 11.6. The van der Waals surface area contributed by atoms with Crippen molar-refractivity contribution in [2.24, 2.45) is 0 Å². The van der Waals surface area contributed by atoms with E-state index in [1.165, 1.54) is 48.5 Å². The van der Waals surface area contributed by atoms with Crippen molar-refractivity contribution in [3.05, 3.63) is 77.6 Å². The number of rotatable bonds is 3. The van der Waals surface area contributed by atoms with Gasteiger partial charge in [-0.1, -0.05) is 36.4 Å². The van der Waals surface area contributed by atoms with Crippen LogP contribution in [0.3, 0.4) is 0 Å². The molecule has 1 saturated heterocycles. The number of nitrogens with one attached hydrogen (secondary N) is 1. The lowest BCUT2D eigenvalue weighted by atomic mass is 9.89. The highest BCUT2D eigenvalue weighted by Gasteiger charge is 2.72. The van der Waals surface area contributed by atoms with Gasteiger partial charge in [-0.3, -0.25) is 14.4 Å². The molecule has 1 atom stereocenters. The van der Waals surface area contributed by atoms with E-state index in [0.29, 0.717) is 4.90 Å². The van der Waals surface area contributed by atoms with Crippen molar-refractivity contribution in [2.45, 2.75) is 18.6 Å². The number of aliphatic hydroxyl groups is 1. The van der Waals surface area contributed by atoms with Gasteiger partial charge in [0.05, 0.1) is 11.3 Å². The molecule has 0 spiro atoms. The predicted octanol–water partition coefficient (Wildman–Crippen LogP) is 3.12. The number of carbonyl (C=O) groups is 3. The van der Waals surface area contributed by atoms with Crippen LogP contribution in [0.1, 0.15) is 17.3 Å². The van der Waals surface area contributed by atoms with Gasteiger partial charge in [-0.25, -0.2) is 4.90 Å². The Morgan fingerprint density at radius 1 is 1.00 bits per heavy atom. The van der Waals surface area contributed by atoms with Crippen LogP contribution in [0.5, 0.6) is 0 Å². The topological polar surface area (TPSA) is 86.7 Å². The minimum atomic E-state index is -5.41. The van der Waals surface area contributed by atoms with E-state index in [1.807, 2.05) is 0 Å². The number of para-hydroxylation sites is 1. The molecular formula is C20H15F3N2O4. The Balaban J connectivity index is 2.21. The average Bonchev–Trinajstić information content (AvgIpc) is 2.90. The number of allylic oxidation sites excluding steroid dienone is 1. The number of imide groups is 1. The number of amides is 3. The molecule has 1 aliphatic heterocycles. The number of aliphatic hydroxyl groups excluding tert-OH is 1. The lowest BCUT2D eigenvalue weighted by Crippen LogP contribution is -2.64. The van der Waals surface area contributed by atoms with Crippen molar-refractivity contribution in [3.8, 4) is 0 Å². The van der Waals surface area contributed by atoms with Crippen LogP contribution in [0.25, 0.3) is 0 Å². The number of nitrogens with zero attached hydrogens (tertiary/aromatic N) is 1. The largest absolute Gasteiger partial charge is 0.512 e. The number of halogens is 3. The molecule has 0 bridgehead atoms. The van der Waals surface area contributed by atoms with Gasteiger partial charge in [0.2, 0.25) is 0 Å². The summed E-state index contributed by atoms with van der Waals surface area (Å²) in [5.41, 5.74) is -5.25. The molecule has 2 aromatic rings. The molecular weight excluding hydrogens is 389 g/mol. The van der Waals surface area contributed by atoms with Crippen LogP contribution in [0.15, 0.2) is 72.0 Å². The summed E-state index contributed by atoms with van der Waals surface area (Å²) in [4.78, 5) is 38.6. The van der Waals surface area contributed by atoms with E-state index < -0.39 is 40.8 Å². The molecule has 3 amide bonds. The second-order valence-corrected chi connectivity index (χ2v) is 6.31. The first kappa shape index (κ1) is 20.1. The lowest BCUT2D eigenvalue weighted by Gasteiger charge is -2.31. The highest BCUT2D eigenvalue weighted by atomic mass is 19.4. The molecule has 1 aliphatic rings. The summed E-state index contributed by atoms with van der Waals surface area (Å²) in [7, 11) is 0. The third-order valence-electron chi connectivity index (χ3n) is 4.45. The summed E-state index contributed by atoms with van der Waals surface area (Å²) >= 11 is 0. The fourth-order valence-electron chi connectivity index (χ4n) is 3.16. The van der Waals surface area contributed by atoms with Crippen molar-refractivity contribution in [1.29, 1.82) is 0 Å². The standard InChI is InChI=1S/C20H15F3N2O4/c1-12(26)15-17(28)25(14-10-6-3-7-11-14)18(29)19(15,20(21,22)23)24-16(27)13-8-4-2-5-9-13/h2-11,26H,1H3,(H,24,27)/b15-12+/t19-/m1/s1. The maximum atomic E-state index is 14.3. The van der Waals surface area contributed by atoms with Gasteiger partial charge >= 0.3 is 6.18 Å². The van der Waals surface area contributed by atoms with Crippen LogP contribution in [-0.4, -0.2) is 34.5 Å². The molecule has 0 unspecified atom stereocenters. The Morgan fingerprint density at radius 3 is 2.00 bits per heavy atom. The fraction of sp³-hybridized carbons (Fsp3) is 0.150. The Kier molecular flexibility index (Phi) is 4.91. The van der Waals surface area contributed by atoms with Crippen molar-refractivity contribution >= 4 is 23.4 Å². The first-order valence-corrected chi connectivity index (χ1v) is 8.40. The highest BCUT2D eigenvalue weighted by Crippen LogP contribution is 2.45. The van der Waals surface area contributed by atoms with E-state index in [0.717, 1.165) is 6.92 Å². The quantitative estimate of drug-likeness (QED) is 0.468. The van der Waals surface area contributed by atoms with E-state index in [4.69, 9.17) is 0 Å². The molecule has 150 valence electrons. The minimum Gasteiger partial charge on any atom is -0.512 e. The monoisotopic (exact) mass is 404 g/mol. The molecule has 0 radical (unpaired) electrons. The van der Waals surface area contributed by atoms with Crippen LogP contribution in [0, 0.1) is 0 Å². The molecule has 0 saturated carbocycles. The Labute approximate surface area is 163 Å². The third-order valence-corrected chi connectivity index (χ3v) is 4.45. The first-order chi connectivity index (χ1) is 13.6. The smallest absolute Gasteiger partial charge is 0.425 e. The normalized spacial score (nSPS) is 21.3. The van der Waals surface area contributed by atoms with Crippen LogP contribution in [0.2, 0.25) is 0 Å².